The average molecular weight is 289 g/mol. The van der Waals surface area contributed by atoms with E-state index in [2.05, 4.69) is 18.2 Å². The van der Waals surface area contributed by atoms with Gasteiger partial charge in [-0.25, -0.2) is 0 Å². The molecule has 4 nitrogen and oxygen atoms in total. The van der Waals surface area contributed by atoms with Gasteiger partial charge in [-0.15, -0.1) is 0 Å². The molecular weight excluding hydrogens is 266 g/mol. The number of fused-ring (bicyclic) bond motifs is 1. The Bertz CT molecular complexity index is 507. The molecule has 2 aliphatic heterocycles. The van der Waals surface area contributed by atoms with Gasteiger partial charge in [0.15, 0.2) is 0 Å². The first kappa shape index (κ1) is 14.4. The summed E-state index contributed by atoms with van der Waals surface area (Å²) in [5, 5.41) is 0. The lowest BCUT2D eigenvalue weighted by Crippen LogP contribution is -2.51. The van der Waals surface area contributed by atoms with Gasteiger partial charge in [0.25, 0.3) is 0 Å². The predicted octanol–water partition coefficient (Wildman–Crippen LogP) is 2.41. The summed E-state index contributed by atoms with van der Waals surface area (Å²) in [5.41, 5.74) is 1.23. The minimum Gasteiger partial charge on any atom is -0.487 e. The Hall–Kier alpha value is -1.55. The number of nitrogens with zero attached hydrogens (tertiary/aromatic N) is 1. The van der Waals surface area contributed by atoms with Crippen LogP contribution >= 0.6 is 0 Å². The maximum Gasteiger partial charge on any atom is 0.248 e. The van der Waals surface area contributed by atoms with Crippen molar-refractivity contribution in [1.82, 2.24) is 4.90 Å². The van der Waals surface area contributed by atoms with Crippen molar-refractivity contribution in [1.29, 1.82) is 0 Å². The van der Waals surface area contributed by atoms with E-state index in [1.165, 1.54) is 5.56 Å². The molecule has 1 aromatic rings. The Kier molecular flexibility index (Phi) is 4.15. The van der Waals surface area contributed by atoms with Crippen LogP contribution in [-0.4, -0.2) is 42.7 Å². The van der Waals surface area contributed by atoms with Gasteiger partial charge in [-0.1, -0.05) is 18.2 Å². The van der Waals surface area contributed by atoms with Crippen LogP contribution in [0, 0.1) is 0 Å². The lowest BCUT2D eigenvalue weighted by Gasteiger charge is -2.44. The number of carbonyl (C=O) groups is 1. The van der Waals surface area contributed by atoms with Gasteiger partial charge in [0.1, 0.15) is 18.0 Å². The fraction of sp³-hybridized carbons (Fsp3) is 0.588. The number of amides is 1. The van der Waals surface area contributed by atoms with E-state index < -0.39 is 0 Å². The summed E-state index contributed by atoms with van der Waals surface area (Å²) in [6, 6.07) is 8.29. The van der Waals surface area contributed by atoms with E-state index in [9.17, 15) is 4.79 Å². The number of hydrogen-bond acceptors (Lipinski definition) is 3. The second-order valence-corrected chi connectivity index (χ2v) is 5.91. The molecule has 1 spiro atoms. The van der Waals surface area contributed by atoms with Crippen molar-refractivity contribution in [2.75, 3.05) is 26.3 Å². The minimum absolute atomic E-state index is 0.0727. The van der Waals surface area contributed by atoms with Crippen molar-refractivity contribution in [3.8, 4) is 5.75 Å². The molecule has 0 unspecified atom stereocenters. The molecule has 3 rings (SSSR count). The van der Waals surface area contributed by atoms with Gasteiger partial charge in [0.2, 0.25) is 5.91 Å². The van der Waals surface area contributed by atoms with Gasteiger partial charge in [-0.2, -0.15) is 0 Å². The van der Waals surface area contributed by atoms with Crippen LogP contribution in [0.1, 0.15) is 31.7 Å². The first-order chi connectivity index (χ1) is 10.2. The Labute approximate surface area is 126 Å². The number of rotatable bonds is 3. The van der Waals surface area contributed by atoms with Crippen LogP contribution in [0.15, 0.2) is 24.3 Å². The maximum absolute atomic E-state index is 12.0. The summed E-state index contributed by atoms with van der Waals surface area (Å²) in [4.78, 5) is 13.9. The van der Waals surface area contributed by atoms with Crippen molar-refractivity contribution in [3.63, 3.8) is 0 Å². The number of para-hydroxylation sites is 1. The van der Waals surface area contributed by atoms with Crippen LogP contribution in [0.3, 0.4) is 0 Å². The summed E-state index contributed by atoms with van der Waals surface area (Å²) in [6.45, 7) is 4.24. The summed E-state index contributed by atoms with van der Waals surface area (Å²) in [7, 11) is 0. The molecule has 0 radical (unpaired) electrons. The first-order valence-corrected chi connectivity index (χ1v) is 7.85. The molecular formula is C17H23NO3. The molecule has 4 heteroatoms. The molecule has 1 fully saturated rings. The van der Waals surface area contributed by atoms with E-state index in [0.717, 1.165) is 44.5 Å². The normalized spacial score (nSPS) is 20.0. The number of piperidine rings is 1. The Morgan fingerprint density at radius 2 is 2.05 bits per heavy atom. The largest absolute Gasteiger partial charge is 0.487 e. The van der Waals surface area contributed by atoms with Crippen LogP contribution < -0.4 is 4.74 Å². The van der Waals surface area contributed by atoms with E-state index in [0.29, 0.717) is 6.61 Å². The predicted molar refractivity (Wildman–Crippen MR) is 80.4 cm³/mol. The Morgan fingerprint density at radius 3 is 2.81 bits per heavy atom. The SMILES string of the molecule is CCOCC(=O)N1CCC2(CCc3ccccc3O2)CC1. The van der Waals surface area contributed by atoms with E-state index in [-0.39, 0.29) is 18.1 Å². The summed E-state index contributed by atoms with van der Waals surface area (Å²) in [5.74, 6) is 1.13. The topological polar surface area (TPSA) is 38.8 Å². The van der Waals surface area contributed by atoms with Crippen LogP contribution in [0.4, 0.5) is 0 Å². The molecule has 0 saturated carbocycles. The zero-order valence-corrected chi connectivity index (χ0v) is 12.6. The second-order valence-electron chi connectivity index (χ2n) is 5.91. The van der Waals surface area contributed by atoms with Crippen molar-refractivity contribution in [3.05, 3.63) is 29.8 Å². The smallest absolute Gasteiger partial charge is 0.248 e. The van der Waals surface area contributed by atoms with Gasteiger partial charge in [-0.05, 0) is 31.4 Å². The van der Waals surface area contributed by atoms with Crippen LogP contribution in [0.5, 0.6) is 5.75 Å². The van der Waals surface area contributed by atoms with Crippen LogP contribution in [0.25, 0.3) is 0 Å². The standard InChI is InChI=1S/C17H23NO3/c1-2-20-13-16(19)18-11-9-17(10-12-18)8-7-14-5-3-4-6-15(14)21-17/h3-6H,2,7-13H2,1H3. The molecule has 0 aromatic heterocycles. The minimum atomic E-state index is -0.0727. The van der Waals surface area contributed by atoms with Crippen LogP contribution in [0.2, 0.25) is 0 Å². The lowest BCUT2D eigenvalue weighted by molar-refractivity contribution is -0.139. The maximum atomic E-state index is 12.0. The Morgan fingerprint density at radius 1 is 1.29 bits per heavy atom. The second kappa shape index (κ2) is 6.06. The number of likely N-dealkylation sites (tertiary alicyclic amines) is 1. The average Bonchev–Trinajstić information content (AvgIpc) is 2.53. The molecule has 21 heavy (non-hydrogen) atoms. The van der Waals surface area contributed by atoms with Gasteiger partial charge in [0, 0.05) is 32.5 Å². The van der Waals surface area contributed by atoms with Crippen molar-refractivity contribution in [2.45, 2.75) is 38.2 Å². The first-order valence-electron chi connectivity index (χ1n) is 7.85. The van der Waals surface area contributed by atoms with Gasteiger partial charge in [-0.3, -0.25) is 4.79 Å². The summed E-state index contributed by atoms with van der Waals surface area (Å²) >= 11 is 0. The third kappa shape index (κ3) is 3.05. The molecule has 1 amide bonds. The molecule has 1 saturated heterocycles. The molecule has 2 heterocycles. The van der Waals surface area contributed by atoms with Gasteiger partial charge in [0.05, 0.1) is 0 Å². The van der Waals surface area contributed by atoms with E-state index in [1.54, 1.807) is 0 Å². The Balaban J connectivity index is 1.60. The van der Waals surface area contributed by atoms with Crippen molar-refractivity contribution >= 4 is 5.91 Å². The highest BCUT2D eigenvalue weighted by molar-refractivity contribution is 5.77. The summed E-state index contributed by atoms with van der Waals surface area (Å²) < 4.78 is 11.5. The van der Waals surface area contributed by atoms with E-state index in [4.69, 9.17) is 9.47 Å². The third-order valence-corrected chi connectivity index (χ3v) is 4.61. The zero-order chi connectivity index (χ0) is 14.7. The number of carbonyl (C=O) groups excluding carboxylic acids is 1. The van der Waals surface area contributed by atoms with E-state index >= 15 is 0 Å². The number of aryl methyl sites for hydroxylation is 1. The number of benzene rings is 1. The molecule has 0 atom stereocenters. The lowest BCUT2D eigenvalue weighted by atomic mass is 9.83. The fourth-order valence-corrected chi connectivity index (χ4v) is 3.25. The van der Waals surface area contributed by atoms with Crippen molar-refractivity contribution < 1.29 is 14.3 Å². The molecule has 2 aliphatic rings. The van der Waals surface area contributed by atoms with Crippen LogP contribution in [-0.2, 0) is 16.0 Å². The highest BCUT2D eigenvalue weighted by Crippen LogP contribution is 2.39. The number of hydrogen-bond donors (Lipinski definition) is 0. The summed E-state index contributed by atoms with van der Waals surface area (Å²) in [6.07, 6.45) is 3.96. The quantitative estimate of drug-likeness (QED) is 0.857. The van der Waals surface area contributed by atoms with Gasteiger partial charge >= 0.3 is 0 Å². The molecule has 0 bridgehead atoms. The molecule has 1 aromatic carbocycles. The molecule has 0 aliphatic carbocycles. The molecule has 114 valence electrons. The zero-order valence-electron chi connectivity index (χ0n) is 12.6. The fourth-order valence-electron chi connectivity index (χ4n) is 3.25. The van der Waals surface area contributed by atoms with Crippen molar-refractivity contribution in [2.24, 2.45) is 0 Å². The molecule has 0 N–H and O–H groups in total. The third-order valence-electron chi connectivity index (χ3n) is 4.61. The van der Waals surface area contributed by atoms with Gasteiger partial charge < -0.3 is 14.4 Å². The van der Waals surface area contributed by atoms with E-state index in [1.807, 2.05) is 17.9 Å². The highest BCUT2D eigenvalue weighted by atomic mass is 16.5. The number of ether oxygens (including phenoxy) is 2. The monoisotopic (exact) mass is 289 g/mol. The highest BCUT2D eigenvalue weighted by Gasteiger charge is 2.40.